The van der Waals surface area contributed by atoms with Gasteiger partial charge in [0.05, 0.1) is 22.6 Å². The van der Waals surface area contributed by atoms with Crippen LogP contribution in [0.3, 0.4) is 0 Å². The summed E-state index contributed by atoms with van der Waals surface area (Å²) in [5.41, 5.74) is 2.58. The molecule has 0 bridgehead atoms. The molecule has 1 fully saturated rings. The van der Waals surface area contributed by atoms with Crippen LogP contribution in [0.5, 0.6) is 0 Å². The van der Waals surface area contributed by atoms with Gasteiger partial charge in [-0.2, -0.15) is 5.10 Å². The Hall–Kier alpha value is -2.67. The predicted molar refractivity (Wildman–Crippen MR) is 120 cm³/mol. The van der Waals surface area contributed by atoms with Crippen molar-refractivity contribution < 1.29 is 4.79 Å². The van der Waals surface area contributed by atoms with Crippen molar-refractivity contribution >= 4 is 27.7 Å². The van der Waals surface area contributed by atoms with Gasteiger partial charge in [-0.15, -0.1) is 0 Å². The summed E-state index contributed by atoms with van der Waals surface area (Å²) in [5.74, 6) is -0.0847. The third kappa shape index (κ3) is 3.99. The topological polar surface area (TPSA) is 72.2 Å². The molecule has 1 aliphatic rings. The number of aryl methyl sites for hydroxylation is 2. The monoisotopic (exact) mass is 409 g/mol. The van der Waals surface area contributed by atoms with Crippen LogP contribution in [-0.4, -0.2) is 51.3 Å². The van der Waals surface area contributed by atoms with E-state index in [1.54, 1.807) is 22.5 Å². The van der Waals surface area contributed by atoms with Crippen LogP contribution in [0.25, 0.3) is 21.8 Å². The second kappa shape index (κ2) is 8.60. The highest BCUT2D eigenvalue weighted by atomic mass is 16.2. The number of fused-ring (bicyclic) bond motifs is 3. The molecule has 30 heavy (non-hydrogen) atoms. The zero-order chi connectivity index (χ0) is 21.3. The lowest BCUT2D eigenvalue weighted by Gasteiger charge is -2.31. The maximum Gasteiger partial charge on any atom is 0.261 e. The minimum atomic E-state index is -0.0953. The minimum Gasteiger partial charge on any atom is -0.353 e. The Bertz CT molecular complexity index is 1120. The number of amides is 1. The lowest BCUT2D eigenvalue weighted by Crippen LogP contribution is -2.40. The number of nitrogens with one attached hydrogen (secondary N) is 1. The fraction of sp³-hybridized carbons (Fsp3) is 0.522. The van der Waals surface area contributed by atoms with E-state index >= 15 is 0 Å². The van der Waals surface area contributed by atoms with Crippen molar-refractivity contribution in [2.24, 2.45) is 7.05 Å². The molecule has 0 spiro atoms. The number of aromatic nitrogens is 3. The molecule has 0 aliphatic heterocycles. The van der Waals surface area contributed by atoms with Crippen LogP contribution >= 0.6 is 0 Å². The van der Waals surface area contributed by atoms with Crippen LogP contribution in [0.2, 0.25) is 0 Å². The third-order valence-electron chi connectivity index (χ3n) is 6.42. The molecule has 0 radical (unpaired) electrons. The van der Waals surface area contributed by atoms with E-state index in [4.69, 9.17) is 0 Å². The Kier molecular flexibility index (Phi) is 5.90. The maximum atomic E-state index is 12.7. The molecule has 4 rings (SSSR count). The average Bonchev–Trinajstić information content (AvgIpc) is 3.16. The van der Waals surface area contributed by atoms with Crippen LogP contribution in [0.1, 0.15) is 37.7 Å². The van der Waals surface area contributed by atoms with Gasteiger partial charge >= 0.3 is 0 Å². The number of carbonyl (C=O) groups excluding carboxylic acids is 1. The molecule has 7 nitrogen and oxygen atoms in total. The fourth-order valence-corrected chi connectivity index (χ4v) is 4.64. The first kappa shape index (κ1) is 20.6. The van der Waals surface area contributed by atoms with Gasteiger partial charge < -0.3 is 14.8 Å². The van der Waals surface area contributed by atoms with E-state index in [9.17, 15) is 9.59 Å². The normalized spacial score (nSPS) is 15.3. The molecule has 0 saturated heterocycles. The third-order valence-corrected chi connectivity index (χ3v) is 6.42. The Morgan fingerprint density at radius 2 is 2.00 bits per heavy atom. The molecule has 0 atom stereocenters. The van der Waals surface area contributed by atoms with Gasteiger partial charge in [-0.1, -0.05) is 30.9 Å². The standard InChI is InChI=1S/C23H31N5O2/c1-16-9-10-20-18(13-16)22-19(23(30)27(20)3)14-25-28(22)15-21(29)24-11-12-26(2)17-7-5-4-6-8-17/h9-10,13-14,17H,4-8,11-12,15H2,1-3H3,(H,24,29). The number of rotatable bonds is 6. The first-order valence-electron chi connectivity index (χ1n) is 10.9. The van der Waals surface area contributed by atoms with Crippen LogP contribution in [0.15, 0.2) is 29.2 Å². The van der Waals surface area contributed by atoms with Gasteiger partial charge in [0, 0.05) is 31.6 Å². The molecule has 0 unspecified atom stereocenters. The van der Waals surface area contributed by atoms with E-state index in [1.807, 2.05) is 25.1 Å². The van der Waals surface area contributed by atoms with Gasteiger partial charge in [-0.25, -0.2) is 0 Å². The van der Waals surface area contributed by atoms with E-state index in [0.717, 1.165) is 28.5 Å². The quantitative estimate of drug-likeness (QED) is 0.679. The summed E-state index contributed by atoms with van der Waals surface area (Å²) >= 11 is 0. The fourth-order valence-electron chi connectivity index (χ4n) is 4.64. The molecule has 1 N–H and O–H groups in total. The van der Waals surface area contributed by atoms with Crippen LogP contribution in [0, 0.1) is 6.92 Å². The Morgan fingerprint density at radius 3 is 2.77 bits per heavy atom. The van der Waals surface area contributed by atoms with E-state index in [-0.39, 0.29) is 18.0 Å². The first-order valence-corrected chi connectivity index (χ1v) is 10.9. The highest BCUT2D eigenvalue weighted by molar-refractivity contribution is 6.04. The van der Waals surface area contributed by atoms with Crippen molar-refractivity contribution in [3.63, 3.8) is 0 Å². The van der Waals surface area contributed by atoms with Crippen molar-refractivity contribution in [3.8, 4) is 0 Å². The van der Waals surface area contributed by atoms with E-state index in [1.165, 1.54) is 32.1 Å². The highest BCUT2D eigenvalue weighted by Crippen LogP contribution is 2.24. The van der Waals surface area contributed by atoms with E-state index in [0.29, 0.717) is 18.0 Å². The largest absolute Gasteiger partial charge is 0.353 e. The first-order chi connectivity index (χ1) is 14.5. The van der Waals surface area contributed by atoms with Crippen molar-refractivity contribution in [3.05, 3.63) is 40.3 Å². The van der Waals surface area contributed by atoms with Crippen molar-refractivity contribution in [2.45, 2.75) is 51.6 Å². The van der Waals surface area contributed by atoms with Gasteiger partial charge in [0.15, 0.2) is 0 Å². The van der Waals surface area contributed by atoms with Crippen LogP contribution in [-0.2, 0) is 18.4 Å². The van der Waals surface area contributed by atoms with Crippen molar-refractivity contribution in [2.75, 3.05) is 20.1 Å². The summed E-state index contributed by atoms with van der Waals surface area (Å²) in [6, 6.07) is 6.62. The Labute approximate surface area is 176 Å². The lowest BCUT2D eigenvalue weighted by atomic mass is 9.94. The summed E-state index contributed by atoms with van der Waals surface area (Å²) in [6.07, 6.45) is 8.04. The Balaban J connectivity index is 1.48. The summed E-state index contributed by atoms with van der Waals surface area (Å²) in [7, 11) is 3.92. The zero-order valence-electron chi connectivity index (χ0n) is 18.1. The van der Waals surface area contributed by atoms with Gasteiger partial charge in [-0.05, 0) is 38.9 Å². The van der Waals surface area contributed by atoms with Gasteiger partial charge in [-0.3, -0.25) is 14.3 Å². The number of hydrogen-bond donors (Lipinski definition) is 1. The van der Waals surface area contributed by atoms with Gasteiger partial charge in [0.1, 0.15) is 6.54 Å². The second-order valence-corrected chi connectivity index (χ2v) is 8.57. The van der Waals surface area contributed by atoms with Crippen LogP contribution < -0.4 is 10.9 Å². The maximum absolute atomic E-state index is 12.7. The molecular formula is C23H31N5O2. The van der Waals surface area contributed by atoms with E-state index in [2.05, 4.69) is 22.4 Å². The van der Waals surface area contributed by atoms with Gasteiger partial charge in [0.2, 0.25) is 5.91 Å². The molecule has 160 valence electrons. The molecule has 2 heterocycles. The number of carbonyl (C=O) groups is 1. The Morgan fingerprint density at radius 1 is 1.23 bits per heavy atom. The zero-order valence-corrected chi connectivity index (χ0v) is 18.1. The highest BCUT2D eigenvalue weighted by Gasteiger charge is 2.18. The lowest BCUT2D eigenvalue weighted by molar-refractivity contribution is -0.121. The molecular weight excluding hydrogens is 378 g/mol. The summed E-state index contributed by atoms with van der Waals surface area (Å²) in [5, 5.41) is 8.86. The molecule has 1 aliphatic carbocycles. The van der Waals surface area contributed by atoms with Crippen molar-refractivity contribution in [1.82, 2.24) is 24.6 Å². The summed E-state index contributed by atoms with van der Waals surface area (Å²) < 4.78 is 3.29. The minimum absolute atomic E-state index is 0.0847. The van der Waals surface area contributed by atoms with Crippen LogP contribution in [0.4, 0.5) is 0 Å². The smallest absolute Gasteiger partial charge is 0.261 e. The SMILES string of the molecule is Cc1ccc2c(c1)c1c(cnn1CC(=O)NCCN(C)C1CCCCC1)c(=O)n2C. The molecule has 1 aromatic carbocycles. The number of hydrogen-bond acceptors (Lipinski definition) is 4. The molecule has 3 aromatic rings. The second-order valence-electron chi connectivity index (χ2n) is 8.57. The summed E-state index contributed by atoms with van der Waals surface area (Å²) in [6.45, 7) is 3.59. The number of pyridine rings is 1. The molecule has 1 saturated carbocycles. The molecule has 7 heteroatoms. The number of likely N-dealkylation sites (N-methyl/N-ethyl adjacent to an activating group) is 1. The van der Waals surface area contributed by atoms with Gasteiger partial charge in [0.25, 0.3) is 5.56 Å². The molecule has 2 aromatic heterocycles. The number of benzene rings is 1. The van der Waals surface area contributed by atoms with E-state index < -0.39 is 0 Å². The summed E-state index contributed by atoms with van der Waals surface area (Å²) in [4.78, 5) is 27.7. The number of nitrogens with zero attached hydrogens (tertiary/aromatic N) is 4. The molecule has 1 amide bonds. The van der Waals surface area contributed by atoms with Crippen molar-refractivity contribution in [1.29, 1.82) is 0 Å². The average molecular weight is 410 g/mol. The predicted octanol–water partition coefficient (Wildman–Crippen LogP) is 2.58.